The van der Waals surface area contributed by atoms with Crippen molar-refractivity contribution < 1.29 is 9.47 Å². The van der Waals surface area contributed by atoms with Gasteiger partial charge < -0.3 is 19.7 Å². The summed E-state index contributed by atoms with van der Waals surface area (Å²) in [5.74, 6) is 2.43. The molecule has 0 aliphatic rings. The number of hydrogen-bond acceptors (Lipinski definition) is 3. The predicted octanol–water partition coefficient (Wildman–Crippen LogP) is 1.60. The molecule has 1 atom stereocenters. The predicted molar refractivity (Wildman–Crippen MR) is 78.1 cm³/mol. The van der Waals surface area contributed by atoms with Crippen LogP contribution in [0.5, 0.6) is 11.5 Å². The zero-order chi connectivity index (χ0) is 14.3. The molecule has 0 aliphatic carbocycles. The number of methoxy groups -OCH3 is 1. The summed E-state index contributed by atoms with van der Waals surface area (Å²) in [4.78, 5) is 6.08. The fourth-order valence-corrected chi connectivity index (χ4v) is 1.62. The third kappa shape index (κ3) is 5.07. The van der Waals surface area contributed by atoms with Crippen LogP contribution in [0.25, 0.3) is 0 Å². The first-order valence-corrected chi connectivity index (χ1v) is 6.25. The summed E-state index contributed by atoms with van der Waals surface area (Å²) in [7, 11) is 7.30. The van der Waals surface area contributed by atoms with Crippen molar-refractivity contribution in [1.82, 2.24) is 10.2 Å². The minimum absolute atomic E-state index is 0.0313. The monoisotopic (exact) mass is 265 g/mol. The summed E-state index contributed by atoms with van der Waals surface area (Å²) in [6.07, 6.45) is 0.0313. The van der Waals surface area contributed by atoms with E-state index in [9.17, 15) is 0 Å². The first-order chi connectivity index (χ1) is 9.06. The molecule has 0 radical (unpaired) electrons. The van der Waals surface area contributed by atoms with Crippen LogP contribution in [0.15, 0.2) is 29.3 Å². The highest BCUT2D eigenvalue weighted by molar-refractivity contribution is 5.79. The fourth-order valence-electron chi connectivity index (χ4n) is 1.62. The van der Waals surface area contributed by atoms with Gasteiger partial charge in [-0.15, -0.1) is 0 Å². The van der Waals surface area contributed by atoms with Crippen LogP contribution < -0.4 is 14.8 Å². The molecule has 1 aromatic rings. The number of ether oxygens (including phenoxy) is 2. The van der Waals surface area contributed by atoms with Gasteiger partial charge in [0, 0.05) is 27.2 Å². The van der Waals surface area contributed by atoms with E-state index in [0.29, 0.717) is 6.54 Å². The van der Waals surface area contributed by atoms with Crippen molar-refractivity contribution in [2.24, 2.45) is 4.99 Å². The summed E-state index contributed by atoms with van der Waals surface area (Å²) < 4.78 is 11.0. The van der Waals surface area contributed by atoms with E-state index in [0.717, 1.165) is 17.5 Å². The van der Waals surface area contributed by atoms with Crippen molar-refractivity contribution >= 4 is 5.96 Å². The lowest BCUT2D eigenvalue weighted by Gasteiger charge is -2.20. The average molecular weight is 265 g/mol. The second-order valence-electron chi connectivity index (χ2n) is 4.43. The van der Waals surface area contributed by atoms with Crippen molar-refractivity contribution in [3.8, 4) is 11.5 Å². The molecule has 1 aromatic carbocycles. The fraction of sp³-hybridized carbons (Fsp3) is 0.500. The van der Waals surface area contributed by atoms with Crippen molar-refractivity contribution in [2.45, 2.75) is 13.0 Å². The Labute approximate surface area is 115 Å². The molecule has 0 fully saturated rings. The van der Waals surface area contributed by atoms with E-state index in [1.165, 1.54) is 0 Å². The second-order valence-corrected chi connectivity index (χ2v) is 4.43. The molecule has 0 bridgehead atoms. The van der Waals surface area contributed by atoms with Crippen molar-refractivity contribution in [1.29, 1.82) is 0 Å². The molecule has 0 saturated carbocycles. The van der Waals surface area contributed by atoms with Crippen LogP contribution in [0.2, 0.25) is 0 Å². The van der Waals surface area contributed by atoms with E-state index >= 15 is 0 Å². The maximum absolute atomic E-state index is 5.82. The molecule has 19 heavy (non-hydrogen) atoms. The molecule has 0 saturated heterocycles. The van der Waals surface area contributed by atoms with Gasteiger partial charge in [0.1, 0.15) is 17.6 Å². The number of guanidine groups is 1. The molecule has 0 amide bonds. The van der Waals surface area contributed by atoms with Crippen LogP contribution in [-0.4, -0.2) is 51.8 Å². The minimum Gasteiger partial charge on any atom is -0.497 e. The molecule has 5 nitrogen and oxygen atoms in total. The minimum atomic E-state index is 0.0313. The summed E-state index contributed by atoms with van der Waals surface area (Å²) in [6.45, 7) is 2.69. The van der Waals surface area contributed by atoms with Crippen LogP contribution in [0.3, 0.4) is 0 Å². The molecule has 1 N–H and O–H groups in total. The molecule has 1 rings (SSSR count). The van der Waals surface area contributed by atoms with Crippen LogP contribution in [-0.2, 0) is 0 Å². The van der Waals surface area contributed by atoms with E-state index in [1.54, 1.807) is 14.2 Å². The Balaban J connectivity index is 2.48. The van der Waals surface area contributed by atoms with Crippen molar-refractivity contribution in [3.05, 3.63) is 24.3 Å². The molecule has 0 aliphatic heterocycles. The molecular weight excluding hydrogens is 242 g/mol. The van der Waals surface area contributed by atoms with Gasteiger partial charge in [0.25, 0.3) is 0 Å². The van der Waals surface area contributed by atoms with Crippen LogP contribution >= 0.6 is 0 Å². The molecular formula is C14H23N3O2. The Hall–Kier alpha value is -1.91. The topological polar surface area (TPSA) is 46.1 Å². The van der Waals surface area contributed by atoms with Crippen molar-refractivity contribution in [2.75, 3.05) is 34.8 Å². The summed E-state index contributed by atoms with van der Waals surface area (Å²) in [5.41, 5.74) is 0. The summed E-state index contributed by atoms with van der Waals surface area (Å²) in [6, 6.07) is 7.59. The molecule has 106 valence electrons. The van der Waals surface area contributed by atoms with Gasteiger partial charge in [-0.1, -0.05) is 6.07 Å². The highest BCUT2D eigenvalue weighted by Crippen LogP contribution is 2.19. The Bertz CT molecular complexity index is 419. The Morgan fingerprint density at radius 2 is 2.05 bits per heavy atom. The smallest absolute Gasteiger partial charge is 0.193 e. The number of nitrogens with zero attached hydrogens (tertiary/aromatic N) is 2. The molecule has 5 heteroatoms. The van der Waals surface area contributed by atoms with E-state index in [4.69, 9.17) is 9.47 Å². The Morgan fingerprint density at radius 3 is 2.63 bits per heavy atom. The van der Waals surface area contributed by atoms with Gasteiger partial charge in [-0.3, -0.25) is 4.99 Å². The summed E-state index contributed by atoms with van der Waals surface area (Å²) >= 11 is 0. The number of nitrogens with one attached hydrogen (secondary N) is 1. The molecule has 0 aromatic heterocycles. The van der Waals surface area contributed by atoms with Gasteiger partial charge in [0.15, 0.2) is 5.96 Å². The zero-order valence-corrected chi connectivity index (χ0v) is 12.3. The highest BCUT2D eigenvalue weighted by Gasteiger charge is 2.07. The van der Waals surface area contributed by atoms with Gasteiger partial charge in [0.2, 0.25) is 0 Å². The van der Waals surface area contributed by atoms with E-state index in [-0.39, 0.29) is 6.10 Å². The van der Waals surface area contributed by atoms with Gasteiger partial charge in [-0.05, 0) is 19.1 Å². The number of rotatable bonds is 5. The van der Waals surface area contributed by atoms with Crippen molar-refractivity contribution in [3.63, 3.8) is 0 Å². The lowest BCUT2D eigenvalue weighted by Crippen LogP contribution is -2.41. The molecule has 0 spiro atoms. The second kappa shape index (κ2) is 7.51. The highest BCUT2D eigenvalue weighted by atomic mass is 16.5. The number of benzene rings is 1. The van der Waals surface area contributed by atoms with Gasteiger partial charge in [-0.2, -0.15) is 0 Å². The Kier molecular flexibility index (Phi) is 5.99. The van der Waals surface area contributed by atoms with Gasteiger partial charge in [0.05, 0.1) is 13.7 Å². The van der Waals surface area contributed by atoms with E-state index in [1.807, 2.05) is 50.2 Å². The molecule has 1 unspecified atom stereocenters. The summed E-state index contributed by atoms with van der Waals surface area (Å²) in [5, 5.41) is 3.24. The van der Waals surface area contributed by atoms with Gasteiger partial charge in [-0.25, -0.2) is 0 Å². The lowest BCUT2D eigenvalue weighted by molar-refractivity contribution is 0.222. The SMILES string of the molecule is CN=C(NCC(C)Oc1cccc(OC)c1)N(C)C. The zero-order valence-electron chi connectivity index (χ0n) is 12.3. The first kappa shape index (κ1) is 15.1. The standard InChI is InChI=1S/C14H23N3O2/c1-11(10-16-14(15-2)17(3)4)19-13-8-6-7-12(9-13)18-5/h6-9,11H,10H2,1-5H3,(H,15,16). The quantitative estimate of drug-likeness (QED) is 0.649. The van der Waals surface area contributed by atoms with Crippen LogP contribution in [0.1, 0.15) is 6.92 Å². The average Bonchev–Trinajstić information content (AvgIpc) is 2.39. The number of hydrogen-bond donors (Lipinski definition) is 1. The maximum atomic E-state index is 5.82. The van der Waals surface area contributed by atoms with Crippen LogP contribution in [0, 0.1) is 0 Å². The third-order valence-corrected chi connectivity index (χ3v) is 2.56. The Morgan fingerprint density at radius 1 is 1.37 bits per heavy atom. The lowest BCUT2D eigenvalue weighted by atomic mass is 10.3. The normalized spacial score (nSPS) is 12.8. The number of aliphatic imine (C=N–C) groups is 1. The van der Waals surface area contributed by atoms with E-state index in [2.05, 4.69) is 10.3 Å². The first-order valence-electron chi connectivity index (χ1n) is 6.25. The molecule has 0 heterocycles. The van der Waals surface area contributed by atoms with E-state index < -0.39 is 0 Å². The van der Waals surface area contributed by atoms with Gasteiger partial charge >= 0.3 is 0 Å². The third-order valence-electron chi connectivity index (χ3n) is 2.56. The van der Waals surface area contributed by atoms with Crippen LogP contribution in [0.4, 0.5) is 0 Å². The largest absolute Gasteiger partial charge is 0.497 e. The maximum Gasteiger partial charge on any atom is 0.193 e.